The van der Waals surface area contributed by atoms with Gasteiger partial charge >= 0.3 is 0 Å². The third-order valence-corrected chi connectivity index (χ3v) is 4.47. The van der Waals surface area contributed by atoms with Crippen LogP contribution in [0.2, 0.25) is 0 Å². The van der Waals surface area contributed by atoms with Gasteiger partial charge in [0.2, 0.25) is 11.8 Å². The van der Waals surface area contributed by atoms with Gasteiger partial charge in [0.05, 0.1) is 23.4 Å². The maximum atomic E-state index is 12.4. The molecule has 0 saturated carbocycles. The SMILES string of the molecule is O=C1[C@@H]2CC=C(Cl)C[C@H]2C(=O)N1CNc1cccc([N+](=O)[O-])c1. The highest BCUT2D eigenvalue weighted by molar-refractivity contribution is 6.30. The summed E-state index contributed by atoms with van der Waals surface area (Å²) in [6, 6.07) is 5.91. The Bertz CT molecular complexity index is 718. The molecule has 1 aromatic rings. The van der Waals surface area contributed by atoms with Gasteiger partial charge in [0, 0.05) is 22.9 Å². The van der Waals surface area contributed by atoms with Crippen molar-refractivity contribution in [2.24, 2.45) is 11.8 Å². The quantitative estimate of drug-likeness (QED) is 0.518. The second-order valence-corrected chi connectivity index (χ2v) is 6.04. The first-order valence-corrected chi connectivity index (χ1v) is 7.53. The Morgan fingerprint density at radius 3 is 2.78 bits per heavy atom. The molecule has 0 aromatic heterocycles. The normalized spacial score (nSPS) is 23.5. The molecule has 2 amide bonds. The topological polar surface area (TPSA) is 92.6 Å². The largest absolute Gasteiger partial charge is 0.367 e. The Morgan fingerprint density at radius 1 is 1.30 bits per heavy atom. The molecule has 23 heavy (non-hydrogen) atoms. The number of nitrogens with one attached hydrogen (secondary N) is 1. The van der Waals surface area contributed by atoms with Crippen LogP contribution in [0.4, 0.5) is 11.4 Å². The number of nitro groups is 1. The molecule has 2 aliphatic rings. The monoisotopic (exact) mass is 335 g/mol. The number of carbonyl (C=O) groups excluding carboxylic acids is 2. The molecule has 120 valence electrons. The van der Waals surface area contributed by atoms with E-state index in [1.807, 2.05) is 0 Å². The van der Waals surface area contributed by atoms with E-state index < -0.39 is 10.8 Å². The number of rotatable bonds is 4. The van der Waals surface area contributed by atoms with E-state index in [-0.39, 0.29) is 30.1 Å². The number of hydrogen-bond acceptors (Lipinski definition) is 5. The van der Waals surface area contributed by atoms with Crippen LogP contribution in [-0.2, 0) is 9.59 Å². The average Bonchev–Trinajstić information content (AvgIpc) is 2.76. The van der Waals surface area contributed by atoms with Crippen molar-refractivity contribution >= 4 is 34.8 Å². The number of carbonyl (C=O) groups is 2. The van der Waals surface area contributed by atoms with Crippen LogP contribution in [-0.4, -0.2) is 28.3 Å². The summed E-state index contributed by atoms with van der Waals surface area (Å²) in [6.45, 7) is -0.0105. The molecule has 8 heteroatoms. The van der Waals surface area contributed by atoms with Gasteiger partial charge in [0.25, 0.3) is 5.69 Å². The number of likely N-dealkylation sites (tertiary alicyclic amines) is 1. The summed E-state index contributed by atoms with van der Waals surface area (Å²) in [5.74, 6) is -1.22. The number of allylic oxidation sites excluding steroid dienone is 2. The Morgan fingerprint density at radius 2 is 2.04 bits per heavy atom. The van der Waals surface area contributed by atoms with Crippen molar-refractivity contribution in [3.63, 3.8) is 0 Å². The first-order valence-electron chi connectivity index (χ1n) is 7.15. The Kier molecular flexibility index (Phi) is 4.04. The average molecular weight is 336 g/mol. The number of non-ortho nitro benzene ring substituents is 1. The smallest absolute Gasteiger partial charge is 0.271 e. The van der Waals surface area contributed by atoms with Gasteiger partial charge in [-0.05, 0) is 18.9 Å². The number of nitrogens with zero attached hydrogens (tertiary/aromatic N) is 2. The maximum Gasteiger partial charge on any atom is 0.271 e. The molecule has 1 N–H and O–H groups in total. The fourth-order valence-electron chi connectivity index (χ4n) is 2.95. The van der Waals surface area contributed by atoms with Crippen molar-refractivity contribution < 1.29 is 14.5 Å². The van der Waals surface area contributed by atoms with E-state index in [4.69, 9.17) is 11.6 Å². The van der Waals surface area contributed by atoms with Crippen LogP contribution in [0, 0.1) is 22.0 Å². The Hall–Kier alpha value is -2.41. The molecule has 0 unspecified atom stereocenters. The van der Waals surface area contributed by atoms with Crippen LogP contribution < -0.4 is 5.32 Å². The van der Waals surface area contributed by atoms with Gasteiger partial charge in [-0.25, -0.2) is 0 Å². The number of halogens is 1. The molecule has 0 spiro atoms. The van der Waals surface area contributed by atoms with Crippen molar-refractivity contribution in [1.82, 2.24) is 4.90 Å². The highest BCUT2D eigenvalue weighted by Crippen LogP contribution is 2.38. The summed E-state index contributed by atoms with van der Waals surface area (Å²) in [6.07, 6.45) is 2.65. The molecule has 1 fully saturated rings. The summed E-state index contributed by atoms with van der Waals surface area (Å²) in [4.78, 5) is 36.1. The van der Waals surface area contributed by atoms with Crippen LogP contribution in [0.3, 0.4) is 0 Å². The highest BCUT2D eigenvalue weighted by atomic mass is 35.5. The lowest BCUT2D eigenvalue weighted by Crippen LogP contribution is -2.35. The molecular weight excluding hydrogens is 322 g/mol. The number of fused-ring (bicyclic) bond motifs is 1. The molecule has 1 aliphatic heterocycles. The fraction of sp³-hybridized carbons (Fsp3) is 0.333. The minimum atomic E-state index is -0.500. The summed E-state index contributed by atoms with van der Waals surface area (Å²) >= 11 is 5.96. The standard InChI is InChI=1S/C15H14ClN3O4/c16-9-4-5-12-13(6-9)15(21)18(14(12)20)8-17-10-2-1-3-11(7-10)19(22)23/h1-4,7,12-13,17H,5-6,8H2/t12-,13-/m1/s1. The van der Waals surface area contributed by atoms with E-state index in [1.54, 1.807) is 12.1 Å². The third-order valence-electron chi connectivity index (χ3n) is 4.16. The van der Waals surface area contributed by atoms with Crippen LogP contribution in [0.15, 0.2) is 35.4 Å². The van der Waals surface area contributed by atoms with Gasteiger partial charge in [-0.1, -0.05) is 23.7 Å². The zero-order valence-electron chi connectivity index (χ0n) is 12.1. The molecule has 1 aromatic carbocycles. The number of anilines is 1. The van der Waals surface area contributed by atoms with Crippen molar-refractivity contribution in [3.05, 3.63) is 45.5 Å². The molecule has 2 atom stereocenters. The van der Waals surface area contributed by atoms with Crippen LogP contribution >= 0.6 is 11.6 Å². The summed E-state index contributed by atoms with van der Waals surface area (Å²) in [5.41, 5.74) is 0.421. The van der Waals surface area contributed by atoms with Gasteiger partial charge in [-0.2, -0.15) is 0 Å². The van der Waals surface area contributed by atoms with Crippen molar-refractivity contribution in [2.75, 3.05) is 12.0 Å². The molecule has 0 bridgehead atoms. The fourth-order valence-corrected chi connectivity index (χ4v) is 3.21. The molecule has 3 rings (SSSR count). The third kappa shape index (κ3) is 2.92. The summed E-state index contributed by atoms with van der Waals surface area (Å²) in [5, 5.41) is 14.3. The molecule has 1 saturated heterocycles. The highest BCUT2D eigenvalue weighted by Gasteiger charge is 2.48. The minimum Gasteiger partial charge on any atom is -0.367 e. The molecule has 7 nitrogen and oxygen atoms in total. The molecule has 1 heterocycles. The number of imide groups is 1. The Balaban J connectivity index is 1.69. The minimum absolute atomic E-state index is 0.0105. The van der Waals surface area contributed by atoms with E-state index in [0.29, 0.717) is 23.6 Å². The number of benzene rings is 1. The predicted molar refractivity (Wildman–Crippen MR) is 83.6 cm³/mol. The van der Waals surface area contributed by atoms with Gasteiger partial charge in [-0.3, -0.25) is 24.6 Å². The molecule has 1 aliphatic carbocycles. The van der Waals surface area contributed by atoms with Crippen LogP contribution in [0.1, 0.15) is 12.8 Å². The van der Waals surface area contributed by atoms with Crippen molar-refractivity contribution in [1.29, 1.82) is 0 Å². The second-order valence-electron chi connectivity index (χ2n) is 5.55. The first-order chi connectivity index (χ1) is 11.0. The van der Waals surface area contributed by atoms with Crippen molar-refractivity contribution in [3.8, 4) is 0 Å². The maximum absolute atomic E-state index is 12.4. The lowest BCUT2D eigenvalue weighted by atomic mass is 9.85. The second kappa shape index (κ2) is 6.00. The van der Waals surface area contributed by atoms with E-state index in [2.05, 4.69) is 5.32 Å². The number of amides is 2. The van der Waals surface area contributed by atoms with Crippen molar-refractivity contribution in [2.45, 2.75) is 12.8 Å². The van der Waals surface area contributed by atoms with Crippen LogP contribution in [0.25, 0.3) is 0 Å². The molecule has 0 radical (unpaired) electrons. The van der Waals surface area contributed by atoms with E-state index in [1.165, 1.54) is 18.2 Å². The summed E-state index contributed by atoms with van der Waals surface area (Å²) in [7, 11) is 0. The van der Waals surface area contributed by atoms with Gasteiger partial charge in [0.15, 0.2) is 0 Å². The first kappa shape index (κ1) is 15.5. The Labute approximate surface area is 137 Å². The summed E-state index contributed by atoms with van der Waals surface area (Å²) < 4.78 is 0. The van der Waals surface area contributed by atoms with Gasteiger partial charge in [0.1, 0.15) is 0 Å². The number of hydrogen-bond donors (Lipinski definition) is 1. The van der Waals surface area contributed by atoms with Crippen LogP contribution in [0.5, 0.6) is 0 Å². The lowest BCUT2D eigenvalue weighted by molar-refractivity contribution is -0.384. The van der Waals surface area contributed by atoms with E-state index in [0.717, 1.165) is 4.90 Å². The van der Waals surface area contributed by atoms with Gasteiger partial charge in [-0.15, -0.1) is 0 Å². The zero-order valence-corrected chi connectivity index (χ0v) is 12.8. The van der Waals surface area contributed by atoms with E-state index >= 15 is 0 Å². The lowest BCUT2D eigenvalue weighted by Gasteiger charge is -2.17. The van der Waals surface area contributed by atoms with Gasteiger partial charge < -0.3 is 5.32 Å². The zero-order chi connectivity index (χ0) is 16.6. The number of nitro benzene ring substituents is 1. The predicted octanol–water partition coefficient (Wildman–Crippen LogP) is 2.48. The molecular formula is C15H14ClN3O4. The van der Waals surface area contributed by atoms with E-state index in [9.17, 15) is 19.7 Å².